The number of carboxylic acids is 1. The van der Waals surface area contributed by atoms with Crippen LogP contribution in [0, 0.1) is 0 Å². The van der Waals surface area contributed by atoms with E-state index in [9.17, 15) is 4.79 Å². The predicted octanol–water partition coefficient (Wildman–Crippen LogP) is -0.0450. The van der Waals surface area contributed by atoms with Crippen LogP contribution in [0.2, 0.25) is 0 Å². The van der Waals surface area contributed by atoms with Crippen molar-refractivity contribution in [1.82, 2.24) is 4.98 Å². The lowest BCUT2D eigenvalue weighted by molar-refractivity contribution is 0.0653. The van der Waals surface area contributed by atoms with E-state index in [1.54, 1.807) is 0 Å². The Morgan fingerprint density at radius 1 is 1.89 bits per heavy atom. The fourth-order valence-electron chi connectivity index (χ4n) is 0.384. The minimum atomic E-state index is -1.22. The number of anilines is 1. The van der Waals surface area contributed by atoms with E-state index in [1.165, 1.54) is 0 Å². The predicted molar refractivity (Wildman–Crippen MR) is 27.9 cm³/mol. The molecule has 9 heavy (non-hydrogen) atoms. The molecule has 0 fully saturated rings. The summed E-state index contributed by atoms with van der Waals surface area (Å²) in [5.41, 5.74) is 5.05. The van der Waals surface area contributed by atoms with E-state index >= 15 is 0 Å². The number of hydrogen-bond acceptors (Lipinski definition) is 4. The molecule has 5 nitrogen and oxygen atoms in total. The monoisotopic (exact) mass is 128 g/mol. The maximum Gasteiger partial charge on any atom is 0.392 e. The first-order chi connectivity index (χ1) is 4.20. The van der Waals surface area contributed by atoms with Gasteiger partial charge in [0.15, 0.2) is 5.82 Å². The number of aromatic nitrogens is 1. The highest BCUT2D eigenvalue weighted by Crippen LogP contribution is 2.01. The van der Waals surface area contributed by atoms with E-state index in [4.69, 9.17) is 10.8 Å². The fraction of sp³-hybridized carbons (Fsp3) is 0. The Kier molecular flexibility index (Phi) is 1.11. The molecule has 0 aliphatic rings. The molecule has 5 heteroatoms. The Morgan fingerprint density at radius 2 is 2.56 bits per heavy atom. The van der Waals surface area contributed by atoms with Gasteiger partial charge in [-0.2, -0.15) is 4.98 Å². The van der Waals surface area contributed by atoms with E-state index in [1.807, 2.05) is 0 Å². The average molecular weight is 128 g/mol. The minimum absolute atomic E-state index is 0.0763. The Morgan fingerprint density at radius 3 is 2.78 bits per heavy atom. The van der Waals surface area contributed by atoms with Crippen LogP contribution < -0.4 is 5.73 Å². The van der Waals surface area contributed by atoms with Gasteiger partial charge in [-0.1, -0.05) is 0 Å². The molecule has 0 aliphatic heterocycles. The number of rotatable bonds is 1. The number of oxazole rings is 1. The molecule has 1 rings (SSSR count). The summed E-state index contributed by atoms with van der Waals surface area (Å²) in [4.78, 5) is 13.3. The van der Waals surface area contributed by atoms with Crippen molar-refractivity contribution in [2.24, 2.45) is 0 Å². The molecule has 0 spiro atoms. The number of aromatic carboxylic acids is 1. The SMILES string of the molecule is Nc1coc(C(=O)O)n1. The molecule has 0 unspecified atom stereocenters. The summed E-state index contributed by atoms with van der Waals surface area (Å²) in [7, 11) is 0. The first kappa shape index (κ1) is 5.61. The first-order valence-electron chi connectivity index (χ1n) is 2.14. The topological polar surface area (TPSA) is 89.3 Å². The van der Waals surface area contributed by atoms with E-state index in [-0.39, 0.29) is 11.7 Å². The Balaban J connectivity index is 2.98. The van der Waals surface area contributed by atoms with Crippen LogP contribution in [-0.4, -0.2) is 16.1 Å². The fourth-order valence-corrected chi connectivity index (χ4v) is 0.384. The van der Waals surface area contributed by atoms with Crippen LogP contribution in [0.5, 0.6) is 0 Å². The second kappa shape index (κ2) is 1.77. The average Bonchev–Trinajstić information content (AvgIpc) is 2.14. The van der Waals surface area contributed by atoms with Crippen LogP contribution in [0.15, 0.2) is 10.7 Å². The molecule has 3 N–H and O–H groups in total. The van der Waals surface area contributed by atoms with Crippen molar-refractivity contribution < 1.29 is 14.3 Å². The zero-order valence-corrected chi connectivity index (χ0v) is 4.37. The van der Waals surface area contributed by atoms with Crippen LogP contribution in [0.4, 0.5) is 5.82 Å². The third-order valence-corrected chi connectivity index (χ3v) is 0.705. The summed E-state index contributed by atoms with van der Waals surface area (Å²) in [6.45, 7) is 0. The molecule has 1 heterocycles. The van der Waals surface area contributed by atoms with Crippen molar-refractivity contribution in [2.45, 2.75) is 0 Å². The lowest BCUT2D eigenvalue weighted by Crippen LogP contribution is -1.96. The summed E-state index contributed by atoms with van der Waals surface area (Å²) in [5.74, 6) is -1.52. The van der Waals surface area contributed by atoms with E-state index in [0.29, 0.717) is 0 Å². The molecular weight excluding hydrogens is 124 g/mol. The second-order valence-electron chi connectivity index (χ2n) is 1.38. The van der Waals surface area contributed by atoms with Crippen LogP contribution in [0.1, 0.15) is 10.7 Å². The van der Waals surface area contributed by atoms with Crippen LogP contribution >= 0.6 is 0 Å². The van der Waals surface area contributed by atoms with Gasteiger partial charge in [0.05, 0.1) is 0 Å². The third kappa shape index (κ3) is 0.987. The van der Waals surface area contributed by atoms with Crippen LogP contribution in [0.3, 0.4) is 0 Å². The summed E-state index contributed by atoms with van der Waals surface area (Å²) < 4.78 is 4.39. The number of carbonyl (C=O) groups is 1. The first-order valence-corrected chi connectivity index (χ1v) is 2.14. The molecule has 0 radical (unpaired) electrons. The van der Waals surface area contributed by atoms with Gasteiger partial charge < -0.3 is 15.3 Å². The quantitative estimate of drug-likeness (QED) is 0.553. The van der Waals surface area contributed by atoms with Gasteiger partial charge in [-0.05, 0) is 0 Å². The maximum absolute atomic E-state index is 10.0. The van der Waals surface area contributed by atoms with E-state index in [0.717, 1.165) is 6.26 Å². The molecule has 0 aliphatic carbocycles. The van der Waals surface area contributed by atoms with Gasteiger partial charge >= 0.3 is 11.9 Å². The maximum atomic E-state index is 10.0. The van der Waals surface area contributed by atoms with Crippen molar-refractivity contribution in [2.75, 3.05) is 5.73 Å². The van der Waals surface area contributed by atoms with Crippen LogP contribution in [-0.2, 0) is 0 Å². The highest BCUT2D eigenvalue weighted by atomic mass is 16.4. The van der Waals surface area contributed by atoms with Gasteiger partial charge in [0.25, 0.3) is 0 Å². The van der Waals surface area contributed by atoms with Crippen molar-refractivity contribution >= 4 is 11.8 Å². The van der Waals surface area contributed by atoms with Crippen molar-refractivity contribution in [3.8, 4) is 0 Å². The summed E-state index contributed by atoms with van der Waals surface area (Å²) in [6, 6.07) is 0. The van der Waals surface area contributed by atoms with Crippen molar-refractivity contribution in [3.05, 3.63) is 12.2 Å². The standard InChI is InChI=1S/C4H4N2O3/c5-2-1-9-3(6-2)4(7)8/h1H,5H2,(H,7,8). The summed E-state index contributed by atoms with van der Waals surface area (Å²) in [6.07, 6.45) is 1.07. The lowest BCUT2D eigenvalue weighted by Gasteiger charge is -1.77. The molecule has 1 aromatic heterocycles. The highest BCUT2D eigenvalue weighted by molar-refractivity contribution is 5.82. The Hall–Kier alpha value is -1.52. The molecule has 0 atom stereocenters. The van der Waals surface area contributed by atoms with Gasteiger partial charge in [0.2, 0.25) is 0 Å². The van der Waals surface area contributed by atoms with Crippen molar-refractivity contribution in [3.63, 3.8) is 0 Å². The molecule has 0 saturated heterocycles. The summed E-state index contributed by atoms with van der Waals surface area (Å²) >= 11 is 0. The highest BCUT2D eigenvalue weighted by Gasteiger charge is 2.08. The smallest absolute Gasteiger partial charge is 0.392 e. The number of hydrogen-bond donors (Lipinski definition) is 2. The lowest BCUT2D eigenvalue weighted by atomic mass is 10.7. The molecule has 0 aromatic carbocycles. The number of nitrogens with two attached hydrogens (primary N) is 1. The van der Waals surface area contributed by atoms with Gasteiger partial charge in [0, 0.05) is 0 Å². The van der Waals surface area contributed by atoms with Gasteiger partial charge in [-0.25, -0.2) is 4.79 Å². The zero-order valence-electron chi connectivity index (χ0n) is 4.37. The summed E-state index contributed by atoms with van der Waals surface area (Å²) in [5, 5.41) is 8.19. The van der Waals surface area contributed by atoms with Gasteiger partial charge in [-0.15, -0.1) is 0 Å². The largest absolute Gasteiger partial charge is 0.474 e. The molecule has 48 valence electrons. The number of carboxylic acid groups (broad SMARTS) is 1. The third-order valence-electron chi connectivity index (χ3n) is 0.705. The Bertz CT molecular complexity index is 229. The minimum Gasteiger partial charge on any atom is -0.474 e. The normalized spacial score (nSPS) is 9.33. The molecule has 1 aromatic rings. The Labute approximate surface area is 50.1 Å². The molecule has 0 amide bonds. The van der Waals surface area contributed by atoms with Crippen molar-refractivity contribution in [1.29, 1.82) is 0 Å². The zero-order chi connectivity index (χ0) is 6.85. The van der Waals surface area contributed by atoms with E-state index < -0.39 is 5.97 Å². The van der Waals surface area contributed by atoms with Crippen LogP contribution in [0.25, 0.3) is 0 Å². The molecule has 0 bridgehead atoms. The number of nitrogen functional groups attached to an aromatic ring is 1. The molecule has 0 saturated carbocycles. The van der Waals surface area contributed by atoms with Gasteiger partial charge in [0.1, 0.15) is 6.26 Å². The van der Waals surface area contributed by atoms with Gasteiger partial charge in [-0.3, -0.25) is 0 Å². The number of nitrogens with zero attached hydrogens (tertiary/aromatic N) is 1. The molecular formula is C4H4N2O3. The second-order valence-corrected chi connectivity index (χ2v) is 1.38. The van der Waals surface area contributed by atoms with E-state index in [2.05, 4.69) is 9.40 Å².